The molecule has 1 heterocycles. The van der Waals surface area contributed by atoms with Gasteiger partial charge in [0.15, 0.2) is 0 Å². The van der Waals surface area contributed by atoms with Crippen LogP contribution in [-0.2, 0) is 14.8 Å². The second-order valence-corrected chi connectivity index (χ2v) is 9.91. The Balaban J connectivity index is 2.24. The molecule has 8 heteroatoms. The van der Waals surface area contributed by atoms with E-state index in [-0.39, 0.29) is 18.9 Å². The first kappa shape index (κ1) is 24.8. The first-order valence-electron chi connectivity index (χ1n) is 11.0. The van der Waals surface area contributed by atoms with Gasteiger partial charge in [-0.25, -0.2) is 8.42 Å². The highest BCUT2D eigenvalue weighted by atomic mass is 32.2. The summed E-state index contributed by atoms with van der Waals surface area (Å²) < 4.78 is 28.8. The highest BCUT2D eigenvalue weighted by molar-refractivity contribution is 7.89. The third kappa shape index (κ3) is 6.26. The van der Waals surface area contributed by atoms with Crippen molar-refractivity contribution in [1.29, 1.82) is 0 Å². The van der Waals surface area contributed by atoms with Crippen LogP contribution < -0.4 is 5.32 Å². The van der Waals surface area contributed by atoms with Crippen molar-refractivity contribution in [2.24, 2.45) is 0 Å². The van der Waals surface area contributed by atoms with Gasteiger partial charge in [-0.3, -0.25) is 4.79 Å². The van der Waals surface area contributed by atoms with E-state index in [1.807, 2.05) is 37.8 Å². The Morgan fingerprint density at radius 2 is 1.57 bits per heavy atom. The fraction of sp³-hybridized carbons (Fsp3) is 0.682. The Kier molecular flexibility index (Phi) is 9.28. The largest absolute Gasteiger partial charge is 0.340 e. The Bertz CT molecular complexity index is 793. The van der Waals surface area contributed by atoms with Crippen LogP contribution in [0.2, 0.25) is 0 Å². The van der Waals surface area contributed by atoms with Crippen molar-refractivity contribution in [3.8, 4) is 0 Å². The molecule has 0 unspecified atom stereocenters. The summed E-state index contributed by atoms with van der Waals surface area (Å²) in [4.78, 5) is 17.1. The zero-order valence-electron chi connectivity index (χ0n) is 19.2. The summed E-state index contributed by atoms with van der Waals surface area (Å²) in [6, 6.07) is 3.82. The zero-order chi connectivity index (χ0) is 22.3. The summed E-state index contributed by atoms with van der Waals surface area (Å²) in [6.45, 7) is 15.7. The Hall–Kier alpha value is -1.48. The summed E-state index contributed by atoms with van der Waals surface area (Å²) in [7, 11) is -3.69. The number of sulfonamides is 1. The minimum absolute atomic E-state index is 0.0249. The van der Waals surface area contributed by atoms with Gasteiger partial charge in [0, 0.05) is 52.2 Å². The quantitative estimate of drug-likeness (QED) is 0.603. The van der Waals surface area contributed by atoms with Crippen molar-refractivity contribution < 1.29 is 13.2 Å². The minimum atomic E-state index is -3.69. The molecule has 1 aromatic rings. The van der Waals surface area contributed by atoms with Crippen molar-refractivity contribution in [1.82, 2.24) is 19.4 Å². The fourth-order valence-electron chi connectivity index (χ4n) is 4.14. The van der Waals surface area contributed by atoms with Crippen LogP contribution in [0.5, 0.6) is 0 Å². The first-order chi connectivity index (χ1) is 14.2. The predicted octanol–water partition coefficient (Wildman–Crippen LogP) is 1.77. The number of nitrogens with one attached hydrogen (secondary N) is 1. The van der Waals surface area contributed by atoms with E-state index < -0.39 is 10.0 Å². The van der Waals surface area contributed by atoms with Gasteiger partial charge in [0.25, 0.3) is 0 Å². The molecular weight excluding hydrogens is 400 g/mol. The smallest absolute Gasteiger partial charge is 0.243 e. The van der Waals surface area contributed by atoms with Gasteiger partial charge in [0.1, 0.15) is 0 Å². The van der Waals surface area contributed by atoms with Crippen LogP contribution in [0.25, 0.3) is 0 Å². The lowest BCUT2D eigenvalue weighted by molar-refractivity contribution is -0.131. The molecule has 2 rings (SSSR count). The lowest BCUT2D eigenvalue weighted by Crippen LogP contribution is -2.47. The molecule has 1 fully saturated rings. The number of likely N-dealkylation sites (N-methyl/N-ethyl adjacent to an activating group) is 1. The number of hydrogen-bond acceptors (Lipinski definition) is 5. The number of benzene rings is 1. The molecule has 1 saturated heterocycles. The maximum Gasteiger partial charge on any atom is 0.243 e. The van der Waals surface area contributed by atoms with Crippen LogP contribution in [0.1, 0.15) is 37.0 Å². The summed E-state index contributed by atoms with van der Waals surface area (Å²) in [6.07, 6.45) is 0.210. The van der Waals surface area contributed by atoms with E-state index in [4.69, 9.17) is 0 Å². The number of piperazine rings is 1. The van der Waals surface area contributed by atoms with Gasteiger partial charge >= 0.3 is 0 Å². The highest BCUT2D eigenvalue weighted by Gasteiger charge is 2.29. The second kappa shape index (κ2) is 11.2. The van der Waals surface area contributed by atoms with Crippen molar-refractivity contribution in [2.45, 2.75) is 45.9 Å². The standard InChI is InChI=1S/C22H38N4O3S/c1-6-24(7-2)14-15-26(11-8-21(27)25-12-9-23-10-13-25)30(28,29)22-19(4)16-18(3)17-20(22)5/h16-17,23H,6-15H2,1-5H3. The SMILES string of the molecule is CCN(CC)CCN(CCC(=O)N1CCNCC1)S(=O)(=O)c1c(C)cc(C)cc1C. The third-order valence-corrected chi connectivity index (χ3v) is 8.01. The van der Waals surface area contributed by atoms with E-state index in [1.54, 1.807) is 0 Å². The predicted molar refractivity (Wildman–Crippen MR) is 121 cm³/mol. The number of carbonyl (C=O) groups is 1. The number of nitrogens with zero attached hydrogens (tertiary/aromatic N) is 3. The van der Waals surface area contributed by atoms with Gasteiger partial charge in [0.05, 0.1) is 4.90 Å². The summed E-state index contributed by atoms with van der Waals surface area (Å²) in [5.41, 5.74) is 2.56. The van der Waals surface area contributed by atoms with Gasteiger partial charge in [-0.05, 0) is 45.0 Å². The maximum absolute atomic E-state index is 13.6. The molecule has 0 spiro atoms. The van der Waals surface area contributed by atoms with E-state index in [2.05, 4.69) is 24.1 Å². The van der Waals surface area contributed by atoms with Crippen LogP contribution >= 0.6 is 0 Å². The van der Waals surface area contributed by atoms with Crippen molar-refractivity contribution in [3.63, 3.8) is 0 Å². The van der Waals surface area contributed by atoms with Crippen LogP contribution in [0.3, 0.4) is 0 Å². The average Bonchev–Trinajstić information content (AvgIpc) is 2.70. The summed E-state index contributed by atoms with van der Waals surface area (Å²) in [5, 5.41) is 3.24. The average molecular weight is 439 g/mol. The minimum Gasteiger partial charge on any atom is -0.340 e. The van der Waals surface area contributed by atoms with Gasteiger partial charge < -0.3 is 15.1 Å². The van der Waals surface area contributed by atoms with Crippen LogP contribution in [0.15, 0.2) is 17.0 Å². The summed E-state index contributed by atoms with van der Waals surface area (Å²) >= 11 is 0. The molecule has 1 aliphatic heterocycles. The van der Waals surface area contributed by atoms with Crippen molar-refractivity contribution in [3.05, 3.63) is 28.8 Å². The number of aryl methyl sites for hydroxylation is 3. The van der Waals surface area contributed by atoms with Gasteiger partial charge in [-0.15, -0.1) is 0 Å². The molecule has 1 amide bonds. The Morgan fingerprint density at radius 1 is 1.00 bits per heavy atom. The van der Waals surface area contributed by atoms with E-state index in [9.17, 15) is 13.2 Å². The van der Waals surface area contributed by atoms with Crippen molar-refractivity contribution in [2.75, 3.05) is 58.9 Å². The van der Waals surface area contributed by atoms with E-state index >= 15 is 0 Å². The first-order valence-corrected chi connectivity index (χ1v) is 12.4. The molecule has 1 aromatic carbocycles. The normalized spacial score (nSPS) is 15.2. The van der Waals surface area contributed by atoms with Gasteiger partial charge in [-0.2, -0.15) is 4.31 Å². The second-order valence-electron chi connectivity index (χ2n) is 8.04. The molecule has 7 nitrogen and oxygen atoms in total. The lowest BCUT2D eigenvalue weighted by Gasteiger charge is -2.30. The highest BCUT2D eigenvalue weighted by Crippen LogP contribution is 2.25. The monoisotopic (exact) mass is 438 g/mol. The molecule has 1 aliphatic rings. The number of carbonyl (C=O) groups excluding carboxylic acids is 1. The van der Waals surface area contributed by atoms with Crippen LogP contribution in [0.4, 0.5) is 0 Å². The number of rotatable bonds is 10. The van der Waals surface area contributed by atoms with Crippen LogP contribution in [-0.4, -0.2) is 87.3 Å². The number of hydrogen-bond donors (Lipinski definition) is 1. The molecule has 0 radical (unpaired) electrons. The molecule has 0 bridgehead atoms. The Morgan fingerprint density at radius 3 is 2.10 bits per heavy atom. The Labute approximate surface area is 182 Å². The molecule has 30 heavy (non-hydrogen) atoms. The molecule has 0 aromatic heterocycles. The molecule has 0 atom stereocenters. The maximum atomic E-state index is 13.6. The molecule has 1 N–H and O–H groups in total. The number of amides is 1. The van der Waals surface area contributed by atoms with Crippen LogP contribution in [0, 0.1) is 20.8 Å². The molecule has 170 valence electrons. The fourth-order valence-corrected chi connectivity index (χ4v) is 5.98. The topological polar surface area (TPSA) is 73.0 Å². The summed E-state index contributed by atoms with van der Waals surface area (Å²) in [5.74, 6) is 0.0249. The molecule has 0 aliphatic carbocycles. The molecular formula is C22H38N4O3S. The van der Waals surface area contributed by atoms with E-state index in [1.165, 1.54) is 4.31 Å². The van der Waals surface area contributed by atoms with E-state index in [0.29, 0.717) is 31.1 Å². The van der Waals surface area contributed by atoms with Gasteiger partial charge in [0.2, 0.25) is 15.9 Å². The third-order valence-electron chi connectivity index (χ3n) is 5.81. The lowest BCUT2D eigenvalue weighted by atomic mass is 10.1. The van der Waals surface area contributed by atoms with Crippen molar-refractivity contribution >= 4 is 15.9 Å². The zero-order valence-corrected chi connectivity index (χ0v) is 20.0. The van der Waals surface area contributed by atoms with Gasteiger partial charge in [-0.1, -0.05) is 31.5 Å². The molecule has 0 saturated carbocycles. The van der Waals surface area contributed by atoms with E-state index in [0.717, 1.165) is 42.9 Å².